The SMILES string of the molecule is COc1ccc(OCC(O)CN2CCC(NC(C)C)CC2)cc1. The Labute approximate surface area is 139 Å². The molecule has 23 heavy (non-hydrogen) atoms. The van der Waals surface area contributed by atoms with Gasteiger partial charge in [0.25, 0.3) is 0 Å². The van der Waals surface area contributed by atoms with E-state index in [9.17, 15) is 5.11 Å². The van der Waals surface area contributed by atoms with Crippen LogP contribution in [0.2, 0.25) is 0 Å². The molecular formula is C18H30N2O3. The van der Waals surface area contributed by atoms with Crippen LogP contribution in [0.3, 0.4) is 0 Å². The van der Waals surface area contributed by atoms with Crippen molar-refractivity contribution in [3.8, 4) is 11.5 Å². The Morgan fingerprint density at radius 2 is 1.78 bits per heavy atom. The van der Waals surface area contributed by atoms with Gasteiger partial charge in [0.1, 0.15) is 24.2 Å². The van der Waals surface area contributed by atoms with Crippen LogP contribution in [0, 0.1) is 0 Å². The zero-order valence-corrected chi connectivity index (χ0v) is 14.5. The van der Waals surface area contributed by atoms with E-state index in [1.54, 1.807) is 7.11 Å². The maximum absolute atomic E-state index is 10.2. The van der Waals surface area contributed by atoms with E-state index in [-0.39, 0.29) is 0 Å². The highest BCUT2D eigenvalue weighted by molar-refractivity contribution is 5.31. The number of nitrogens with one attached hydrogen (secondary N) is 1. The van der Waals surface area contributed by atoms with Crippen LogP contribution in [0.1, 0.15) is 26.7 Å². The number of benzene rings is 1. The largest absolute Gasteiger partial charge is 0.497 e. The lowest BCUT2D eigenvalue weighted by atomic mass is 10.0. The van der Waals surface area contributed by atoms with Gasteiger partial charge in [-0.2, -0.15) is 0 Å². The summed E-state index contributed by atoms with van der Waals surface area (Å²) >= 11 is 0. The van der Waals surface area contributed by atoms with Gasteiger partial charge in [0, 0.05) is 18.6 Å². The number of ether oxygens (including phenoxy) is 2. The smallest absolute Gasteiger partial charge is 0.119 e. The summed E-state index contributed by atoms with van der Waals surface area (Å²) in [5.74, 6) is 1.56. The van der Waals surface area contributed by atoms with Crippen LogP contribution < -0.4 is 14.8 Å². The van der Waals surface area contributed by atoms with Crippen molar-refractivity contribution in [2.75, 3.05) is 33.4 Å². The summed E-state index contributed by atoms with van der Waals surface area (Å²) in [6.07, 6.45) is 1.82. The Bertz CT molecular complexity index is 442. The molecule has 1 atom stereocenters. The zero-order chi connectivity index (χ0) is 16.7. The molecule has 130 valence electrons. The number of piperidine rings is 1. The normalized spacial score (nSPS) is 18.1. The van der Waals surface area contributed by atoms with E-state index in [4.69, 9.17) is 9.47 Å². The number of likely N-dealkylation sites (tertiary alicyclic amines) is 1. The van der Waals surface area contributed by atoms with Gasteiger partial charge in [0.15, 0.2) is 0 Å². The van der Waals surface area contributed by atoms with Crippen LogP contribution in [-0.4, -0.2) is 61.5 Å². The summed E-state index contributed by atoms with van der Waals surface area (Å²) in [6, 6.07) is 8.57. The van der Waals surface area contributed by atoms with Gasteiger partial charge in [-0.15, -0.1) is 0 Å². The molecule has 0 aromatic heterocycles. The molecule has 1 saturated heterocycles. The predicted molar refractivity (Wildman–Crippen MR) is 92.2 cm³/mol. The van der Waals surface area contributed by atoms with Crippen molar-refractivity contribution < 1.29 is 14.6 Å². The van der Waals surface area contributed by atoms with Gasteiger partial charge in [-0.3, -0.25) is 0 Å². The summed E-state index contributed by atoms with van der Waals surface area (Å²) in [7, 11) is 1.64. The summed E-state index contributed by atoms with van der Waals surface area (Å²) in [5, 5.41) is 13.8. The number of nitrogens with zero attached hydrogens (tertiary/aromatic N) is 1. The third-order valence-electron chi connectivity index (χ3n) is 4.13. The molecule has 0 spiro atoms. The average molecular weight is 322 g/mol. The van der Waals surface area contributed by atoms with Crippen LogP contribution in [0.25, 0.3) is 0 Å². The Morgan fingerprint density at radius 3 is 2.35 bits per heavy atom. The summed E-state index contributed by atoms with van der Waals surface area (Å²) in [5.41, 5.74) is 0. The number of hydrogen-bond donors (Lipinski definition) is 2. The van der Waals surface area contributed by atoms with Gasteiger partial charge in [0.2, 0.25) is 0 Å². The van der Waals surface area contributed by atoms with Gasteiger partial charge in [-0.05, 0) is 50.2 Å². The lowest BCUT2D eigenvalue weighted by molar-refractivity contribution is 0.0574. The van der Waals surface area contributed by atoms with Crippen molar-refractivity contribution in [3.05, 3.63) is 24.3 Å². The van der Waals surface area contributed by atoms with Gasteiger partial charge in [0.05, 0.1) is 7.11 Å². The Kier molecular flexibility index (Phi) is 7.15. The Morgan fingerprint density at radius 1 is 1.17 bits per heavy atom. The van der Waals surface area contributed by atoms with Gasteiger partial charge >= 0.3 is 0 Å². The second kappa shape index (κ2) is 9.11. The summed E-state index contributed by atoms with van der Waals surface area (Å²) in [6.45, 7) is 7.42. The molecule has 0 saturated carbocycles. The molecular weight excluding hydrogens is 292 g/mol. The molecule has 2 rings (SSSR count). The highest BCUT2D eigenvalue weighted by Gasteiger charge is 2.21. The second-order valence-corrected chi connectivity index (χ2v) is 6.54. The molecule has 5 nitrogen and oxygen atoms in total. The third-order valence-corrected chi connectivity index (χ3v) is 4.13. The monoisotopic (exact) mass is 322 g/mol. The number of aliphatic hydroxyl groups excluding tert-OH is 1. The first-order valence-corrected chi connectivity index (χ1v) is 8.50. The van der Waals surface area contributed by atoms with Crippen LogP contribution in [0.5, 0.6) is 11.5 Å². The van der Waals surface area contributed by atoms with Crippen molar-refractivity contribution in [1.82, 2.24) is 10.2 Å². The molecule has 1 aliphatic rings. The van der Waals surface area contributed by atoms with Crippen LogP contribution in [0.15, 0.2) is 24.3 Å². The quantitative estimate of drug-likeness (QED) is 0.765. The molecule has 0 amide bonds. The van der Waals surface area contributed by atoms with Crippen molar-refractivity contribution in [1.29, 1.82) is 0 Å². The predicted octanol–water partition coefficient (Wildman–Crippen LogP) is 1.90. The van der Waals surface area contributed by atoms with Gasteiger partial charge in [-0.25, -0.2) is 0 Å². The molecule has 0 aliphatic carbocycles. The molecule has 1 heterocycles. The molecule has 2 N–H and O–H groups in total. The maximum Gasteiger partial charge on any atom is 0.119 e. The standard InChI is InChI=1S/C18H30N2O3/c1-14(2)19-15-8-10-20(11-9-15)12-16(21)13-23-18-6-4-17(22-3)5-7-18/h4-7,14-16,19,21H,8-13H2,1-3H3. The van der Waals surface area contributed by atoms with E-state index in [0.717, 1.165) is 37.4 Å². The number of hydrogen-bond acceptors (Lipinski definition) is 5. The topological polar surface area (TPSA) is 54.0 Å². The first-order valence-electron chi connectivity index (χ1n) is 8.50. The van der Waals surface area contributed by atoms with E-state index in [2.05, 4.69) is 24.1 Å². The number of rotatable bonds is 8. The number of aliphatic hydroxyl groups is 1. The molecule has 0 radical (unpaired) electrons. The molecule has 1 aromatic carbocycles. The van der Waals surface area contributed by atoms with Crippen LogP contribution in [-0.2, 0) is 0 Å². The van der Waals surface area contributed by atoms with E-state index >= 15 is 0 Å². The minimum Gasteiger partial charge on any atom is -0.497 e. The van der Waals surface area contributed by atoms with Gasteiger partial charge < -0.3 is 24.8 Å². The third kappa shape index (κ3) is 6.37. The number of methoxy groups -OCH3 is 1. The lowest BCUT2D eigenvalue weighted by Gasteiger charge is -2.34. The van der Waals surface area contributed by atoms with Crippen LogP contribution in [0.4, 0.5) is 0 Å². The first kappa shape index (κ1) is 18.0. The molecule has 5 heteroatoms. The van der Waals surface area contributed by atoms with Crippen molar-refractivity contribution in [2.24, 2.45) is 0 Å². The highest BCUT2D eigenvalue weighted by atomic mass is 16.5. The van der Waals surface area contributed by atoms with Crippen molar-refractivity contribution in [3.63, 3.8) is 0 Å². The molecule has 1 aliphatic heterocycles. The van der Waals surface area contributed by atoms with E-state index in [1.807, 2.05) is 24.3 Å². The minimum absolute atomic E-state index is 0.316. The Balaban J connectivity index is 1.66. The average Bonchev–Trinajstić information content (AvgIpc) is 2.55. The first-order chi connectivity index (χ1) is 11.1. The number of β-amino-alcohol motifs (C(OH)–C–C–N with tert-alkyl or cyclic N) is 1. The second-order valence-electron chi connectivity index (χ2n) is 6.54. The summed E-state index contributed by atoms with van der Waals surface area (Å²) < 4.78 is 10.7. The van der Waals surface area contributed by atoms with Crippen LogP contribution >= 0.6 is 0 Å². The fraction of sp³-hybridized carbons (Fsp3) is 0.667. The lowest BCUT2D eigenvalue weighted by Crippen LogP contribution is -2.47. The molecule has 1 unspecified atom stereocenters. The maximum atomic E-state index is 10.2. The van der Waals surface area contributed by atoms with E-state index < -0.39 is 6.10 Å². The Hall–Kier alpha value is -1.30. The van der Waals surface area contributed by atoms with Crippen molar-refractivity contribution >= 4 is 0 Å². The van der Waals surface area contributed by atoms with Gasteiger partial charge in [-0.1, -0.05) is 13.8 Å². The molecule has 1 aromatic rings. The van der Waals surface area contributed by atoms with Crippen molar-refractivity contribution in [2.45, 2.75) is 44.9 Å². The van der Waals surface area contributed by atoms with E-state index in [0.29, 0.717) is 25.2 Å². The highest BCUT2D eigenvalue weighted by Crippen LogP contribution is 2.17. The molecule has 0 bridgehead atoms. The zero-order valence-electron chi connectivity index (χ0n) is 14.5. The fourth-order valence-corrected chi connectivity index (χ4v) is 2.97. The summed E-state index contributed by atoms with van der Waals surface area (Å²) in [4.78, 5) is 2.32. The minimum atomic E-state index is -0.466. The van der Waals surface area contributed by atoms with E-state index in [1.165, 1.54) is 0 Å². The molecule has 1 fully saturated rings. The fourth-order valence-electron chi connectivity index (χ4n) is 2.97.